The van der Waals surface area contributed by atoms with Gasteiger partial charge in [-0.15, -0.1) is 5.10 Å². The zero-order valence-corrected chi connectivity index (χ0v) is 19.6. The molecular formula is C23H30N6O3S. The minimum absolute atomic E-state index is 0.192. The Kier molecular flexibility index (Phi) is 6.26. The molecular weight excluding hydrogens is 440 g/mol. The Morgan fingerprint density at radius 3 is 2.76 bits per heavy atom. The number of anilines is 1. The molecule has 4 N–H and O–H groups in total. The minimum Gasteiger partial charge on any atom is -0.396 e. The highest BCUT2D eigenvalue weighted by atomic mass is 32.2. The zero-order valence-electron chi connectivity index (χ0n) is 18.8. The van der Waals surface area contributed by atoms with Crippen molar-refractivity contribution in [1.29, 1.82) is 0 Å². The topological polar surface area (TPSA) is 129 Å². The highest BCUT2D eigenvalue weighted by Gasteiger charge is 2.44. The van der Waals surface area contributed by atoms with E-state index >= 15 is 0 Å². The average Bonchev–Trinajstić information content (AvgIpc) is 3.36. The molecule has 33 heavy (non-hydrogen) atoms. The quantitative estimate of drug-likeness (QED) is 0.289. The largest absolute Gasteiger partial charge is 0.396 e. The number of aliphatic hydroxyl groups excluding tert-OH is 3. The first-order chi connectivity index (χ1) is 16.0. The Labute approximate surface area is 196 Å². The molecule has 5 rings (SSSR count). The molecule has 0 saturated heterocycles. The van der Waals surface area contributed by atoms with Crippen molar-refractivity contribution in [2.24, 2.45) is 5.92 Å². The summed E-state index contributed by atoms with van der Waals surface area (Å²) in [6.07, 6.45) is 0.371. The van der Waals surface area contributed by atoms with Gasteiger partial charge in [0.1, 0.15) is 6.10 Å². The third kappa shape index (κ3) is 4.32. The normalized spacial score (nSPS) is 29.0. The first kappa shape index (κ1) is 22.5. The first-order valence-corrected chi connectivity index (χ1v) is 12.5. The van der Waals surface area contributed by atoms with Crippen LogP contribution in [0.15, 0.2) is 29.4 Å². The average molecular weight is 471 g/mol. The number of nitrogens with zero attached hydrogens (tertiary/aromatic N) is 5. The van der Waals surface area contributed by atoms with E-state index in [0.29, 0.717) is 34.5 Å². The van der Waals surface area contributed by atoms with E-state index in [9.17, 15) is 15.3 Å². The molecule has 2 heterocycles. The lowest BCUT2D eigenvalue weighted by Crippen LogP contribution is -2.30. The maximum atomic E-state index is 10.6. The fraction of sp³-hybridized carbons (Fsp3) is 0.565. The molecule has 10 heteroatoms. The fourth-order valence-corrected chi connectivity index (χ4v) is 5.41. The molecule has 9 nitrogen and oxygen atoms in total. The van der Waals surface area contributed by atoms with Gasteiger partial charge >= 0.3 is 0 Å². The summed E-state index contributed by atoms with van der Waals surface area (Å²) in [6.45, 7) is 4.02. The second-order valence-corrected chi connectivity index (χ2v) is 10.2. The summed E-state index contributed by atoms with van der Waals surface area (Å²) in [5.74, 6) is 1.56. The van der Waals surface area contributed by atoms with E-state index in [1.807, 2.05) is 0 Å². The first-order valence-electron chi connectivity index (χ1n) is 11.6. The molecule has 2 aliphatic rings. The van der Waals surface area contributed by atoms with Crippen molar-refractivity contribution in [1.82, 2.24) is 25.0 Å². The number of aliphatic hydroxyl groups is 3. The summed E-state index contributed by atoms with van der Waals surface area (Å²) >= 11 is 1.57. The van der Waals surface area contributed by atoms with Crippen molar-refractivity contribution in [3.63, 3.8) is 0 Å². The minimum atomic E-state index is -1.04. The number of fused-ring (bicyclic) bond motifs is 1. The molecule has 1 aromatic carbocycles. The predicted molar refractivity (Wildman–Crippen MR) is 126 cm³/mol. The van der Waals surface area contributed by atoms with E-state index in [-0.39, 0.29) is 12.6 Å². The summed E-state index contributed by atoms with van der Waals surface area (Å²) in [7, 11) is 0. The van der Waals surface area contributed by atoms with Crippen molar-refractivity contribution in [2.45, 2.75) is 68.5 Å². The van der Waals surface area contributed by atoms with E-state index in [1.165, 1.54) is 11.1 Å². The van der Waals surface area contributed by atoms with Crippen LogP contribution < -0.4 is 5.32 Å². The molecule has 0 amide bonds. The third-order valence-corrected chi connectivity index (χ3v) is 7.69. The van der Waals surface area contributed by atoms with Gasteiger partial charge < -0.3 is 20.6 Å². The van der Waals surface area contributed by atoms with Gasteiger partial charge in [0.15, 0.2) is 22.1 Å². The molecule has 2 aromatic heterocycles. The Morgan fingerprint density at radius 2 is 2.03 bits per heavy atom. The standard InChI is InChI=1S/C23H30N6O3S/c1-3-7-33-23-25-21(24-16-10-15(16)13-6-4-5-12(2)8-13)18-22(26-23)29(28-27-18)17-9-14(11-30)19(31)20(17)32/h4-6,8,14-17,19-20,30-32H,3,7,9-11H2,1-2H3,(H,24,25,26)/t14-,15?,16?,17-,19-,20+/m1/s1. The summed E-state index contributed by atoms with van der Waals surface area (Å²) in [5.41, 5.74) is 3.66. The SMILES string of the molecule is CCCSc1nc(NC2CC2c2cccc(C)c2)c2nnn([C@@H]3C[C@H](CO)[C@@H](O)[C@H]3O)c2n1. The van der Waals surface area contributed by atoms with Crippen LogP contribution in [0.3, 0.4) is 0 Å². The summed E-state index contributed by atoms with van der Waals surface area (Å²) < 4.78 is 1.59. The Morgan fingerprint density at radius 1 is 1.18 bits per heavy atom. The monoisotopic (exact) mass is 470 g/mol. The molecule has 6 atom stereocenters. The predicted octanol–water partition coefficient (Wildman–Crippen LogP) is 2.27. The lowest BCUT2D eigenvalue weighted by molar-refractivity contribution is -0.00512. The van der Waals surface area contributed by atoms with E-state index < -0.39 is 24.2 Å². The maximum Gasteiger partial charge on any atom is 0.191 e. The van der Waals surface area contributed by atoms with Gasteiger partial charge in [-0.1, -0.05) is 53.7 Å². The second kappa shape index (κ2) is 9.17. The molecule has 0 bridgehead atoms. The van der Waals surface area contributed by atoms with E-state index in [0.717, 1.165) is 18.6 Å². The summed E-state index contributed by atoms with van der Waals surface area (Å²) in [5, 5.41) is 43.3. The molecule has 0 aliphatic heterocycles. The lowest BCUT2D eigenvalue weighted by atomic mass is 10.1. The van der Waals surface area contributed by atoms with Gasteiger partial charge in [0.2, 0.25) is 0 Å². The van der Waals surface area contributed by atoms with Gasteiger partial charge in [0.25, 0.3) is 0 Å². The van der Waals surface area contributed by atoms with Gasteiger partial charge in [0.05, 0.1) is 12.1 Å². The number of nitrogens with one attached hydrogen (secondary N) is 1. The van der Waals surface area contributed by atoms with Crippen LogP contribution in [0.4, 0.5) is 5.82 Å². The number of hydrogen-bond acceptors (Lipinski definition) is 9. The molecule has 0 spiro atoms. The number of hydrogen-bond donors (Lipinski definition) is 4. The molecule has 176 valence electrons. The number of aromatic nitrogens is 5. The highest BCUT2D eigenvalue weighted by Crippen LogP contribution is 2.44. The number of benzene rings is 1. The molecule has 0 radical (unpaired) electrons. The lowest BCUT2D eigenvalue weighted by Gasteiger charge is -2.17. The second-order valence-electron chi connectivity index (χ2n) is 9.14. The van der Waals surface area contributed by atoms with Crippen molar-refractivity contribution in [2.75, 3.05) is 17.7 Å². The van der Waals surface area contributed by atoms with Crippen LogP contribution in [0.1, 0.15) is 49.3 Å². The van der Waals surface area contributed by atoms with Crippen LogP contribution in [0, 0.1) is 12.8 Å². The van der Waals surface area contributed by atoms with E-state index in [4.69, 9.17) is 9.97 Å². The van der Waals surface area contributed by atoms with Crippen molar-refractivity contribution in [3.05, 3.63) is 35.4 Å². The molecule has 2 fully saturated rings. The van der Waals surface area contributed by atoms with Crippen LogP contribution in [0.25, 0.3) is 11.2 Å². The highest BCUT2D eigenvalue weighted by molar-refractivity contribution is 7.99. The van der Waals surface area contributed by atoms with Crippen molar-refractivity contribution in [3.8, 4) is 0 Å². The Bertz CT molecular complexity index is 1140. The van der Waals surface area contributed by atoms with E-state index in [2.05, 4.69) is 53.7 Å². The Hall–Kier alpha value is -2.27. The van der Waals surface area contributed by atoms with E-state index in [1.54, 1.807) is 16.4 Å². The smallest absolute Gasteiger partial charge is 0.191 e. The Balaban J connectivity index is 1.46. The molecule has 2 aliphatic carbocycles. The number of aryl methyl sites for hydroxylation is 1. The number of thioether (sulfide) groups is 1. The van der Waals surface area contributed by atoms with Gasteiger partial charge in [-0.3, -0.25) is 0 Å². The van der Waals surface area contributed by atoms with Gasteiger partial charge in [0, 0.05) is 30.2 Å². The number of rotatable bonds is 8. The van der Waals surface area contributed by atoms with Crippen LogP contribution in [-0.2, 0) is 0 Å². The summed E-state index contributed by atoms with van der Waals surface area (Å²) in [4.78, 5) is 9.44. The van der Waals surface area contributed by atoms with Crippen molar-refractivity contribution < 1.29 is 15.3 Å². The van der Waals surface area contributed by atoms with Crippen LogP contribution >= 0.6 is 11.8 Å². The molecule has 2 saturated carbocycles. The zero-order chi connectivity index (χ0) is 23.1. The molecule has 2 unspecified atom stereocenters. The van der Waals surface area contributed by atoms with Gasteiger partial charge in [-0.25, -0.2) is 14.6 Å². The van der Waals surface area contributed by atoms with Crippen LogP contribution in [0.2, 0.25) is 0 Å². The third-order valence-electron chi connectivity index (χ3n) is 6.64. The fourth-order valence-electron chi connectivity index (χ4n) is 4.71. The van der Waals surface area contributed by atoms with Crippen molar-refractivity contribution >= 4 is 28.7 Å². The van der Waals surface area contributed by atoms with Gasteiger partial charge in [-0.05, 0) is 31.7 Å². The van der Waals surface area contributed by atoms with Crippen LogP contribution in [0.5, 0.6) is 0 Å². The maximum absolute atomic E-state index is 10.6. The molecule has 3 aromatic rings. The summed E-state index contributed by atoms with van der Waals surface area (Å²) in [6, 6.07) is 8.35. The van der Waals surface area contributed by atoms with Gasteiger partial charge in [-0.2, -0.15) is 0 Å². The van der Waals surface area contributed by atoms with Crippen LogP contribution in [-0.4, -0.2) is 70.9 Å².